The Morgan fingerprint density at radius 2 is 2.21 bits per heavy atom. The smallest absolute Gasteiger partial charge is 0.322 e. The molecule has 0 spiro atoms. The average molecular weight is 268 g/mol. The minimum atomic E-state index is -0.845. The number of esters is 1. The van der Waals surface area contributed by atoms with Crippen LogP contribution in [-0.4, -0.2) is 30.7 Å². The number of nitro benzene ring substituents is 1. The topological polar surface area (TPSA) is 105 Å². The largest absolute Gasteiger partial charge is 0.487 e. The molecule has 0 aliphatic rings. The van der Waals surface area contributed by atoms with Crippen LogP contribution in [0.4, 0.5) is 5.69 Å². The molecule has 0 aliphatic heterocycles. The molecule has 1 unspecified atom stereocenters. The third-order valence-corrected chi connectivity index (χ3v) is 2.48. The molecule has 0 aromatic heterocycles. The summed E-state index contributed by atoms with van der Waals surface area (Å²) in [5.41, 5.74) is 6.04. The van der Waals surface area contributed by atoms with Gasteiger partial charge in [0.2, 0.25) is 0 Å². The number of carbonyl (C=O) groups is 1. The van der Waals surface area contributed by atoms with Crippen molar-refractivity contribution in [3.05, 3.63) is 33.9 Å². The van der Waals surface area contributed by atoms with Crippen molar-refractivity contribution in [3.8, 4) is 5.75 Å². The quantitative estimate of drug-likeness (QED) is 0.469. The predicted molar refractivity (Wildman–Crippen MR) is 68.0 cm³/mol. The summed E-state index contributed by atoms with van der Waals surface area (Å²) in [7, 11) is 1.24. The minimum Gasteiger partial charge on any atom is -0.487 e. The average Bonchev–Trinajstić information content (AvgIpc) is 2.39. The van der Waals surface area contributed by atoms with Gasteiger partial charge in [-0.3, -0.25) is 14.9 Å². The van der Waals surface area contributed by atoms with Gasteiger partial charge in [-0.05, 0) is 25.0 Å². The van der Waals surface area contributed by atoms with E-state index in [1.54, 1.807) is 13.0 Å². The predicted octanol–water partition coefficient (Wildman–Crippen LogP) is 1.04. The van der Waals surface area contributed by atoms with Crippen LogP contribution >= 0.6 is 0 Å². The molecule has 0 saturated heterocycles. The Bertz CT molecular complexity index is 475. The fraction of sp³-hybridized carbons (Fsp3) is 0.417. The first-order valence-electron chi connectivity index (χ1n) is 5.73. The summed E-state index contributed by atoms with van der Waals surface area (Å²) in [6.07, 6.45) is 0.167. The van der Waals surface area contributed by atoms with E-state index in [4.69, 9.17) is 10.5 Å². The second kappa shape index (κ2) is 6.69. The number of methoxy groups -OCH3 is 1. The van der Waals surface area contributed by atoms with Crippen LogP contribution in [0.25, 0.3) is 0 Å². The highest BCUT2D eigenvalue weighted by Gasteiger charge is 2.19. The summed E-state index contributed by atoms with van der Waals surface area (Å²) in [6.45, 7) is 2.08. The van der Waals surface area contributed by atoms with Gasteiger partial charge >= 0.3 is 11.7 Å². The fourth-order valence-electron chi connectivity index (χ4n) is 1.60. The van der Waals surface area contributed by atoms with Crippen LogP contribution in [0.3, 0.4) is 0 Å². The molecule has 1 atom stereocenters. The van der Waals surface area contributed by atoms with Crippen molar-refractivity contribution in [1.82, 2.24) is 0 Å². The Morgan fingerprint density at radius 3 is 2.74 bits per heavy atom. The molecule has 7 heteroatoms. The van der Waals surface area contributed by atoms with Crippen molar-refractivity contribution in [3.63, 3.8) is 0 Å². The van der Waals surface area contributed by atoms with E-state index in [9.17, 15) is 14.9 Å². The lowest BCUT2D eigenvalue weighted by atomic mass is 10.1. The van der Waals surface area contributed by atoms with Crippen LogP contribution < -0.4 is 10.5 Å². The molecule has 0 fully saturated rings. The fourth-order valence-corrected chi connectivity index (χ4v) is 1.60. The van der Waals surface area contributed by atoms with Crippen LogP contribution in [0, 0.1) is 10.1 Å². The number of rotatable bonds is 6. The van der Waals surface area contributed by atoms with Crippen molar-refractivity contribution < 1.29 is 19.2 Å². The molecule has 19 heavy (non-hydrogen) atoms. The molecule has 1 aromatic rings. The first-order chi connectivity index (χ1) is 8.99. The standard InChI is InChI=1S/C12H16N2O5/c1-3-19-11-5-4-8(7-10(11)14(16)17)6-9(13)12(15)18-2/h4-5,7,9H,3,6,13H2,1-2H3. The normalized spacial score (nSPS) is 11.7. The molecule has 0 radical (unpaired) electrons. The third kappa shape index (κ3) is 3.92. The Kier molecular flexibility index (Phi) is 5.25. The van der Waals surface area contributed by atoms with Crippen molar-refractivity contribution >= 4 is 11.7 Å². The molecule has 1 aromatic carbocycles. The molecule has 0 bridgehead atoms. The highest BCUT2D eigenvalue weighted by Crippen LogP contribution is 2.28. The first kappa shape index (κ1) is 14.9. The van der Waals surface area contributed by atoms with Crippen molar-refractivity contribution in [2.45, 2.75) is 19.4 Å². The summed E-state index contributed by atoms with van der Waals surface area (Å²) in [4.78, 5) is 21.6. The van der Waals surface area contributed by atoms with Gasteiger partial charge in [0.1, 0.15) is 6.04 Å². The maximum absolute atomic E-state index is 11.2. The SMILES string of the molecule is CCOc1ccc(CC(N)C(=O)OC)cc1[N+](=O)[O-]. The van der Waals surface area contributed by atoms with Gasteiger partial charge in [0.05, 0.1) is 18.6 Å². The van der Waals surface area contributed by atoms with E-state index >= 15 is 0 Å². The Hall–Kier alpha value is -2.15. The van der Waals surface area contributed by atoms with Crippen LogP contribution in [0.1, 0.15) is 12.5 Å². The lowest BCUT2D eigenvalue weighted by Crippen LogP contribution is -2.33. The summed E-state index contributed by atoms with van der Waals surface area (Å²) in [6, 6.07) is 3.65. The van der Waals surface area contributed by atoms with E-state index in [0.29, 0.717) is 12.2 Å². The summed E-state index contributed by atoms with van der Waals surface area (Å²) >= 11 is 0. The van der Waals surface area contributed by atoms with Gasteiger partial charge < -0.3 is 15.2 Å². The number of nitrogens with two attached hydrogens (primary N) is 1. The van der Waals surface area contributed by atoms with Crippen LogP contribution in [0.5, 0.6) is 5.75 Å². The second-order valence-corrected chi connectivity index (χ2v) is 3.83. The highest BCUT2D eigenvalue weighted by molar-refractivity contribution is 5.75. The number of nitro groups is 1. The van der Waals surface area contributed by atoms with Crippen molar-refractivity contribution in [2.24, 2.45) is 5.73 Å². The third-order valence-electron chi connectivity index (χ3n) is 2.48. The van der Waals surface area contributed by atoms with Crippen molar-refractivity contribution in [2.75, 3.05) is 13.7 Å². The zero-order valence-corrected chi connectivity index (χ0v) is 10.8. The molecule has 7 nitrogen and oxygen atoms in total. The van der Waals surface area contributed by atoms with Crippen LogP contribution in [0.2, 0.25) is 0 Å². The number of ether oxygens (including phenoxy) is 2. The van der Waals surface area contributed by atoms with Crippen LogP contribution in [-0.2, 0) is 16.0 Å². The Labute approximate surface area is 110 Å². The number of nitrogens with zero attached hydrogens (tertiary/aromatic N) is 1. The molecular weight excluding hydrogens is 252 g/mol. The zero-order chi connectivity index (χ0) is 14.4. The minimum absolute atomic E-state index is 0.142. The van der Waals surface area contributed by atoms with E-state index in [1.807, 2.05) is 0 Å². The van der Waals surface area contributed by atoms with E-state index in [2.05, 4.69) is 4.74 Å². The number of hydrogen-bond donors (Lipinski definition) is 1. The molecule has 0 saturated carbocycles. The van der Waals surface area contributed by atoms with E-state index < -0.39 is 16.9 Å². The lowest BCUT2D eigenvalue weighted by molar-refractivity contribution is -0.385. The lowest BCUT2D eigenvalue weighted by Gasteiger charge is -2.10. The number of hydrogen-bond acceptors (Lipinski definition) is 6. The van der Waals surface area contributed by atoms with E-state index in [1.165, 1.54) is 19.2 Å². The summed E-state index contributed by atoms with van der Waals surface area (Å²) < 4.78 is 9.66. The van der Waals surface area contributed by atoms with Gasteiger partial charge in [-0.15, -0.1) is 0 Å². The summed E-state index contributed by atoms with van der Waals surface area (Å²) in [5.74, 6) is -0.362. The molecule has 0 aliphatic carbocycles. The number of benzene rings is 1. The van der Waals surface area contributed by atoms with Gasteiger partial charge in [0.15, 0.2) is 5.75 Å². The molecule has 104 valence electrons. The van der Waals surface area contributed by atoms with E-state index in [-0.39, 0.29) is 17.9 Å². The zero-order valence-electron chi connectivity index (χ0n) is 10.8. The first-order valence-corrected chi connectivity index (χ1v) is 5.73. The Balaban J connectivity index is 2.95. The number of carbonyl (C=O) groups excluding carboxylic acids is 1. The molecular formula is C12H16N2O5. The van der Waals surface area contributed by atoms with Gasteiger partial charge in [-0.25, -0.2) is 0 Å². The molecule has 1 rings (SSSR count). The molecule has 0 heterocycles. The van der Waals surface area contributed by atoms with Crippen molar-refractivity contribution in [1.29, 1.82) is 0 Å². The molecule has 0 amide bonds. The van der Waals surface area contributed by atoms with Gasteiger partial charge in [-0.2, -0.15) is 0 Å². The maximum atomic E-state index is 11.2. The van der Waals surface area contributed by atoms with Gasteiger partial charge in [0.25, 0.3) is 0 Å². The van der Waals surface area contributed by atoms with E-state index in [0.717, 1.165) is 0 Å². The highest BCUT2D eigenvalue weighted by atomic mass is 16.6. The molecule has 2 N–H and O–H groups in total. The van der Waals surface area contributed by atoms with Crippen LogP contribution in [0.15, 0.2) is 18.2 Å². The monoisotopic (exact) mass is 268 g/mol. The Morgan fingerprint density at radius 1 is 1.53 bits per heavy atom. The maximum Gasteiger partial charge on any atom is 0.322 e. The summed E-state index contributed by atoms with van der Waals surface area (Å²) in [5, 5.41) is 10.9. The second-order valence-electron chi connectivity index (χ2n) is 3.83. The van der Waals surface area contributed by atoms with Gasteiger partial charge in [0, 0.05) is 6.07 Å². The van der Waals surface area contributed by atoms with Gasteiger partial charge in [-0.1, -0.05) is 6.07 Å².